The standard InChI is InChI=1S/C4H10.C3H4S/c1-3-4-2;1-2-3(1)4-2/h3-4H2,1-2H3;2-3H,1H2. The van der Waals surface area contributed by atoms with Crippen molar-refractivity contribution in [1.29, 1.82) is 0 Å². The Labute approximate surface area is 56.0 Å². The van der Waals surface area contributed by atoms with Crippen molar-refractivity contribution in [1.82, 2.24) is 0 Å². The second-order valence-corrected chi connectivity index (χ2v) is 3.93. The van der Waals surface area contributed by atoms with Gasteiger partial charge < -0.3 is 0 Å². The highest BCUT2D eigenvalue weighted by Crippen LogP contribution is 2.62. The van der Waals surface area contributed by atoms with Crippen molar-refractivity contribution in [3.05, 3.63) is 0 Å². The normalized spacial score (nSPS) is 36.8. The molecule has 1 saturated carbocycles. The van der Waals surface area contributed by atoms with E-state index in [4.69, 9.17) is 0 Å². The monoisotopic (exact) mass is 130 g/mol. The van der Waals surface area contributed by atoms with Gasteiger partial charge in [0.25, 0.3) is 0 Å². The van der Waals surface area contributed by atoms with Crippen LogP contribution in [0.5, 0.6) is 0 Å². The van der Waals surface area contributed by atoms with E-state index in [1.807, 2.05) is 0 Å². The SMILES string of the molecule is C1C2SC12.CCCC. The van der Waals surface area contributed by atoms with Crippen LogP contribution in [0.25, 0.3) is 0 Å². The van der Waals surface area contributed by atoms with Crippen LogP contribution in [0.1, 0.15) is 33.1 Å². The van der Waals surface area contributed by atoms with Crippen LogP contribution in [0.3, 0.4) is 0 Å². The lowest BCUT2D eigenvalue weighted by molar-refractivity contribution is 0.886. The van der Waals surface area contributed by atoms with Gasteiger partial charge in [0.05, 0.1) is 0 Å². The van der Waals surface area contributed by atoms with Crippen molar-refractivity contribution in [2.75, 3.05) is 0 Å². The number of thioether (sulfide) groups is 1. The summed E-state index contributed by atoms with van der Waals surface area (Å²) < 4.78 is 0. The lowest BCUT2D eigenvalue weighted by Gasteiger charge is -1.68. The molecule has 8 heavy (non-hydrogen) atoms. The molecule has 0 amide bonds. The molecule has 0 aromatic rings. The van der Waals surface area contributed by atoms with Crippen molar-refractivity contribution in [3.8, 4) is 0 Å². The molecular formula is C7H14S. The minimum atomic E-state index is 1.17. The van der Waals surface area contributed by atoms with Gasteiger partial charge in [0.1, 0.15) is 0 Å². The van der Waals surface area contributed by atoms with E-state index in [0.29, 0.717) is 0 Å². The van der Waals surface area contributed by atoms with E-state index in [9.17, 15) is 0 Å². The van der Waals surface area contributed by atoms with E-state index in [1.54, 1.807) is 6.42 Å². The largest absolute Gasteiger partial charge is 0.153 e. The lowest BCUT2D eigenvalue weighted by Crippen LogP contribution is -1.47. The maximum Gasteiger partial charge on any atom is 0.0181 e. The zero-order valence-corrected chi connectivity index (χ0v) is 6.50. The Bertz CT molecular complexity index is 56.8. The summed E-state index contributed by atoms with van der Waals surface area (Å²) in [6.45, 7) is 4.36. The number of hydrogen-bond acceptors (Lipinski definition) is 1. The fourth-order valence-corrected chi connectivity index (χ4v) is 0.955. The summed E-state index contributed by atoms with van der Waals surface area (Å²) in [5.41, 5.74) is 0. The van der Waals surface area contributed by atoms with Crippen molar-refractivity contribution >= 4 is 11.8 Å². The van der Waals surface area contributed by atoms with Crippen molar-refractivity contribution in [3.63, 3.8) is 0 Å². The van der Waals surface area contributed by atoms with Gasteiger partial charge in [-0.3, -0.25) is 0 Å². The molecule has 1 saturated heterocycles. The lowest BCUT2D eigenvalue weighted by atomic mass is 10.4. The highest BCUT2D eigenvalue weighted by Gasteiger charge is 2.54. The van der Waals surface area contributed by atoms with Gasteiger partial charge in [-0.25, -0.2) is 0 Å². The Morgan fingerprint density at radius 3 is 1.50 bits per heavy atom. The van der Waals surface area contributed by atoms with E-state index in [-0.39, 0.29) is 0 Å². The van der Waals surface area contributed by atoms with Gasteiger partial charge in [0.15, 0.2) is 0 Å². The number of unbranched alkanes of at least 4 members (excludes halogenated alkanes) is 1. The van der Waals surface area contributed by atoms with E-state index in [2.05, 4.69) is 25.6 Å². The predicted octanol–water partition coefficient (Wildman–Crippen LogP) is 2.68. The molecule has 0 bridgehead atoms. The molecule has 0 radical (unpaired) electrons. The first-order valence-corrected chi connectivity index (χ1v) is 4.48. The van der Waals surface area contributed by atoms with Gasteiger partial charge in [-0.05, 0) is 6.42 Å². The average molecular weight is 130 g/mol. The van der Waals surface area contributed by atoms with Gasteiger partial charge >= 0.3 is 0 Å². The van der Waals surface area contributed by atoms with Crippen molar-refractivity contribution in [2.24, 2.45) is 0 Å². The summed E-state index contributed by atoms with van der Waals surface area (Å²) >= 11 is 2.12. The summed E-state index contributed by atoms with van der Waals surface area (Å²) in [7, 11) is 0. The third kappa shape index (κ3) is 2.08. The van der Waals surface area contributed by atoms with Gasteiger partial charge in [-0.1, -0.05) is 26.7 Å². The second kappa shape index (κ2) is 2.77. The summed E-state index contributed by atoms with van der Waals surface area (Å²) in [5.74, 6) is 0. The Morgan fingerprint density at radius 1 is 1.25 bits per heavy atom. The first-order chi connectivity index (χ1) is 3.88. The summed E-state index contributed by atoms with van der Waals surface area (Å²) in [6, 6.07) is 0. The Balaban J connectivity index is 0.0000000800. The van der Waals surface area contributed by atoms with Gasteiger partial charge in [0.2, 0.25) is 0 Å². The molecule has 0 spiro atoms. The van der Waals surface area contributed by atoms with Crippen LogP contribution in [0.4, 0.5) is 0 Å². The number of rotatable bonds is 1. The molecule has 1 aliphatic carbocycles. The van der Waals surface area contributed by atoms with E-state index < -0.39 is 0 Å². The fourth-order valence-electron chi connectivity index (χ4n) is 0.318. The van der Waals surface area contributed by atoms with Crippen molar-refractivity contribution in [2.45, 2.75) is 43.6 Å². The highest BCUT2D eigenvalue weighted by molar-refractivity contribution is 8.09. The van der Waals surface area contributed by atoms with Gasteiger partial charge in [-0.2, -0.15) is 11.8 Å². The molecule has 48 valence electrons. The number of fused-ring (bicyclic) bond motifs is 1. The maximum absolute atomic E-state index is 2.18. The minimum absolute atomic E-state index is 1.17. The zero-order valence-electron chi connectivity index (χ0n) is 5.68. The molecule has 0 nitrogen and oxygen atoms in total. The molecule has 2 fully saturated rings. The average Bonchev–Trinajstić information content (AvgIpc) is 2.47. The summed E-state index contributed by atoms with van der Waals surface area (Å²) in [5, 5.41) is 2.33. The topological polar surface area (TPSA) is 0 Å². The molecule has 0 N–H and O–H groups in total. The third-order valence-electron chi connectivity index (χ3n) is 1.45. The van der Waals surface area contributed by atoms with Crippen LogP contribution in [0, 0.1) is 0 Å². The molecule has 1 heterocycles. The van der Waals surface area contributed by atoms with Crippen molar-refractivity contribution < 1.29 is 0 Å². The van der Waals surface area contributed by atoms with Crippen LogP contribution >= 0.6 is 11.8 Å². The number of hydrogen-bond donors (Lipinski definition) is 0. The predicted molar refractivity (Wildman–Crippen MR) is 40.4 cm³/mol. The molecule has 2 aliphatic rings. The first kappa shape index (κ1) is 6.47. The molecule has 1 aliphatic heterocycles. The Hall–Kier alpha value is 0.350. The molecule has 1 heteroatoms. The summed E-state index contributed by atoms with van der Waals surface area (Å²) in [4.78, 5) is 0. The van der Waals surface area contributed by atoms with Crippen LogP contribution in [-0.2, 0) is 0 Å². The van der Waals surface area contributed by atoms with Crippen LogP contribution < -0.4 is 0 Å². The van der Waals surface area contributed by atoms with Crippen LogP contribution in [0.15, 0.2) is 0 Å². The molecule has 0 aromatic heterocycles. The third-order valence-corrected chi connectivity index (χ3v) is 2.88. The van der Waals surface area contributed by atoms with Crippen LogP contribution in [-0.4, -0.2) is 10.5 Å². The highest BCUT2D eigenvalue weighted by atomic mass is 32.2. The van der Waals surface area contributed by atoms with E-state index >= 15 is 0 Å². The maximum atomic E-state index is 2.18. The summed E-state index contributed by atoms with van der Waals surface area (Å²) in [6.07, 6.45) is 4.19. The zero-order chi connectivity index (χ0) is 5.98. The Morgan fingerprint density at radius 2 is 1.50 bits per heavy atom. The Kier molecular flexibility index (Phi) is 2.24. The molecule has 2 rings (SSSR count). The smallest absolute Gasteiger partial charge is 0.0181 e. The second-order valence-electron chi connectivity index (χ2n) is 2.45. The van der Waals surface area contributed by atoms with E-state index in [0.717, 1.165) is 0 Å². The molecule has 0 aromatic carbocycles. The van der Waals surface area contributed by atoms with E-state index in [1.165, 1.54) is 23.3 Å². The first-order valence-electron chi connectivity index (χ1n) is 3.54. The van der Waals surface area contributed by atoms with Crippen LogP contribution in [0.2, 0.25) is 0 Å². The minimum Gasteiger partial charge on any atom is -0.153 e. The molecule has 2 unspecified atom stereocenters. The quantitative estimate of drug-likeness (QED) is 0.492. The molecule has 2 atom stereocenters. The molecular weight excluding hydrogens is 116 g/mol. The van der Waals surface area contributed by atoms with Gasteiger partial charge in [0, 0.05) is 10.5 Å². The van der Waals surface area contributed by atoms with Gasteiger partial charge in [-0.15, -0.1) is 0 Å². The fraction of sp³-hybridized carbons (Fsp3) is 1.00.